The summed E-state index contributed by atoms with van der Waals surface area (Å²) in [5.41, 5.74) is 7.41. The van der Waals surface area contributed by atoms with Crippen molar-refractivity contribution in [2.45, 2.75) is 32.1 Å². The molecule has 3 aromatic rings. The number of hydrogen-bond donors (Lipinski definition) is 1. The average Bonchev–Trinajstić information content (AvgIpc) is 3.37. The first-order valence-corrected chi connectivity index (χ1v) is 11.9. The fourth-order valence-corrected chi connectivity index (χ4v) is 4.79. The molecule has 1 fully saturated rings. The molecule has 0 bridgehead atoms. The number of halogens is 1. The minimum atomic E-state index is -0.256. The second kappa shape index (κ2) is 9.72. The number of nitrogens with one attached hydrogen (secondary N) is 1. The van der Waals surface area contributed by atoms with Crippen molar-refractivity contribution in [3.05, 3.63) is 94.8 Å². The minimum Gasteiger partial charge on any atom is -0.322 e. The summed E-state index contributed by atoms with van der Waals surface area (Å²) in [5.74, 6) is -0.383. The van der Waals surface area contributed by atoms with Crippen LogP contribution in [-0.2, 0) is 6.42 Å². The van der Waals surface area contributed by atoms with Gasteiger partial charge in [0.2, 0.25) is 0 Å². The van der Waals surface area contributed by atoms with Crippen LogP contribution in [-0.4, -0.2) is 30.4 Å². The van der Waals surface area contributed by atoms with Gasteiger partial charge in [0.05, 0.1) is 0 Å². The highest BCUT2D eigenvalue weighted by atomic mass is 19.1. The third-order valence-electron chi connectivity index (χ3n) is 6.75. The van der Waals surface area contributed by atoms with Crippen LogP contribution in [0.3, 0.4) is 0 Å². The maximum absolute atomic E-state index is 13.1. The van der Waals surface area contributed by atoms with Crippen molar-refractivity contribution < 1.29 is 9.18 Å². The number of hydrogen-bond acceptors (Lipinski definition) is 2. The number of benzene rings is 3. The molecule has 0 unspecified atom stereocenters. The molecule has 4 heteroatoms. The lowest BCUT2D eigenvalue weighted by atomic mass is 9.90. The highest BCUT2D eigenvalue weighted by Crippen LogP contribution is 2.29. The molecule has 0 atom stereocenters. The van der Waals surface area contributed by atoms with E-state index in [0.29, 0.717) is 5.56 Å². The van der Waals surface area contributed by atoms with E-state index in [0.717, 1.165) is 36.1 Å². The van der Waals surface area contributed by atoms with Crippen molar-refractivity contribution in [1.82, 2.24) is 4.90 Å². The van der Waals surface area contributed by atoms with Gasteiger partial charge in [-0.1, -0.05) is 42.0 Å². The standard InChI is InChI=1S/C29H29FN2O/c30-27-12-9-23(10-13-27)22-5-7-24(8-6-22)29(33)31-28-14-11-25-19-21(3-4-26(25)20-28)15-18-32-16-1-2-17-32/h5-14,19-20H,1-4,15-18H2,(H,31,33). The van der Waals surface area contributed by atoms with E-state index < -0.39 is 0 Å². The number of carbonyl (C=O) groups excluding carboxylic acids is 1. The van der Waals surface area contributed by atoms with E-state index in [-0.39, 0.29) is 11.7 Å². The summed E-state index contributed by atoms with van der Waals surface area (Å²) >= 11 is 0. The molecular weight excluding hydrogens is 411 g/mol. The smallest absolute Gasteiger partial charge is 0.255 e. The van der Waals surface area contributed by atoms with Gasteiger partial charge >= 0.3 is 0 Å². The Balaban J connectivity index is 1.22. The average molecular weight is 441 g/mol. The largest absolute Gasteiger partial charge is 0.322 e. The Morgan fingerprint density at radius 3 is 2.30 bits per heavy atom. The van der Waals surface area contributed by atoms with Crippen LogP contribution < -0.4 is 5.32 Å². The molecule has 2 aliphatic rings. The number of rotatable bonds is 6. The number of aryl methyl sites for hydroxylation is 1. The number of anilines is 1. The van der Waals surface area contributed by atoms with Crippen molar-refractivity contribution in [3.63, 3.8) is 0 Å². The quantitative estimate of drug-likeness (QED) is 0.471. The van der Waals surface area contributed by atoms with Gasteiger partial charge in [0.25, 0.3) is 5.91 Å². The van der Waals surface area contributed by atoms with Gasteiger partial charge < -0.3 is 10.2 Å². The lowest BCUT2D eigenvalue weighted by Gasteiger charge is -2.20. The molecule has 1 aliphatic heterocycles. The fourth-order valence-electron chi connectivity index (χ4n) is 4.79. The summed E-state index contributed by atoms with van der Waals surface area (Å²) < 4.78 is 13.1. The topological polar surface area (TPSA) is 32.3 Å². The molecule has 1 N–H and O–H groups in total. The van der Waals surface area contributed by atoms with E-state index >= 15 is 0 Å². The molecule has 168 valence electrons. The van der Waals surface area contributed by atoms with Crippen molar-refractivity contribution >= 4 is 17.7 Å². The fraction of sp³-hybridized carbons (Fsp3) is 0.276. The van der Waals surface area contributed by atoms with Crippen LogP contribution in [0.2, 0.25) is 0 Å². The monoisotopic (exact) mass is 440 g/mol. The zero-order valence-corrected chi connectivity index (χ0v) is 18.8. The first-order chi connectivity index (χ1) is 16.1. The Bertz CT molecular complexity index is 1160. The van der Waals surface area contributed by atoms with Crippen molar-refractivity contribution in [2.24, 2.45) is 0 Å². The molecule has 3 nitrogen and oxygen atoms in total. The van der Waals surface area contributed by atoms with Gasteiger partial charge in [0.15, 0.2) is 0 Å². The molecule has 0 saturated carbocycles. The van der Waals surface area contributed by atoms with Gasteiger partial charge in [-0.25, -0.2) is 4.39 Å². The minimum absolute atomic E-state index is 0.127. The van der Waals surface area contributed by atoms with Crippen LogP contribution in [0, 0.1) is 5.82 Å². The maximum atomic E-state index is 13.1. The summed E-state index contributed by atoms with van der Waals surface area (Å²) in [4.78, 5) is 15.3. The molecule has 5 rings (SSSR count). The Labute approximate surface area is 194 Å². The van der Waals surface area contributed by atoms with Crippen LogP contribution in [0.25, 0.3) is 17.2 Å². The summed E-state index contributed by atoms with van der Waals surface area (Å²) in [5, 5.41) is 3.03. The van der Waals surface area contributed by atoms with Crippen LogP contribution in [0.15, 0.2) is 72.3 Å². The highest BCUT2D eigenvalue weighted by molar-refractivity contribution is 6.04. The summed E-state index contributed by atoms with van der Waals surface area (Å²) in [6.07, 6.45) is 8.31. The number of likely N-dealkylation sites (tertiary alicyclic amines) is 1. The summed E-state index contributed by atoms with van der Waals surface area (Å²) in [7, 11) is 0. The highest BCUT2D eigenvalue weighted by Gasteiger charge is 2.15. The molecular formula is C29H29FN2O. The molecule has 0 radical (unpaired) electrons. The molecule has 0 spiro atoms. The summed E-state index contributed by atoms with van der Waals surface area (Å²) in [6.45, 7) is 3.68. The lowest BCUT2D eigenvalue weighted by molar-refractivity contribution is 0.102. The predicted molar refractivity (Wildman–Crippen MR) is 133 cm³/mol. The van der Waals surface area contributed by atoms with E-state index in [1.807, 2.05) is 30.3 Å². The van der Waals surface area contributed by atoms with Crippen molar-refractivity contribution in [3.8, 4) is 11.1 Å². The molecule has 1 amide bonds. The van der Waals surface area contributed by atoms with Gasteiger partial charge in [-0.2, -0.15) is 0 Å². The van der Waals surface area contributed by atoms with Gasteiger partial charge in [-0.3, -0.25) is 4.79 Å². The van der Waals surface area contributed by atoms with Gasteiger partial charge in [0, 0.05) is 17.8 Å². The maximum Gasteiger partial charge on any atom is 0.255 e. The Kier molecular flexibility index (Phi) is 6.36. The predicted octanol–water partition coefficient (Wildman–Crippen LogP) is 6.56. The van der Waals surface area contributed by atoms with Crippen LogP contribution in [0.1, 0.15) is 47.2 Å². The van der Waals surface area contributed by atoms with E-state index in [1.165, 1.54) is 61.3 Å². The zero-order valence-electron chi connectivity index (χ0n) is 18.8. The van der Waals surface area contributed by atoms with Gasteiger partial charge in [0.1, 0.15) is 5.82 Å². The SMILES string of the molecule is O=C(Nc1ccc2c(c1)CCC(CCN1CCCC1)=C2)c1ccc(-c2ccc(F)cc2)cc1. The molecule has 3 aromatic carbocycles. The van der Waals surface area contributed by atoms with Gasteiger partial charge in [-0.05, 0) is 104 Å². The number of carbonyl (C=O) groups is 1. The normalized spacial score (nSPS) is 15.7. The molecule has 1 aliphatic carbocycles. The molecule has 1 heterocycles. The van der Waals surface area contributed by atoms with Gasteiger partial charge in [-0.15, -0.1) is 0 Å². The molecule has 33 heavy (non-hydrogen) atoms. The number of fused-ring (bicyclic) bond motifs is 1. The third-order valence-corrected chi connectivity index (χ3v) is 6.75. The van der Waals surface area contributed by atoms with Crippen LogP contribution >= 0.6 is 0 Å². The first kappa shape index (κ1) is 21.6. The Morgan fingerprint density at radius 2 is 1.58 bits per heavy atom. The zero-order chi connectivity index (χ0) is 22.6. The van der Waals surface area contributed by atoms with E-state index in [2.05, 4.69) is 28.4 Å². The second-order valence-electron chi connectivity index (χ2n) is 9.05. The Hall–Kier alpha value is -3.24. The molecule has 1 saturated heterocycles. The van der Waals surface area contributed by atoms with E-state index in [1.54, 1.807) is 12.1 Å². The Morgan fingerprint density at radius 1 is 0.879 bits per heavy atom. The number of nitrogens with zero attached hydrogens (tertiary/aromatic N) is 1. The van der Waals surface area contributed by atoms with E-state index in [9.17, 15) is 9.18 Å². The summed E-state index contributed by atoms with van der Waals surface area (Å²) in [6, 6.07) is 20.0. The van der Waals surface area contributed by atoms with Crippen LogP contribution in [0.5, 0.6) is 0 Å². The van der Waals surface area contributed by atoms with Crippen molar-refractivity contribution in [2.75, 3.05) is 25.0 Å². The third kappa shape index (κ3) is 5.23. The first-order valence-electron chi connectivity index (χ1n) is 11.9. The van der Waals surface area contributed by atoms with E-state index in [4.69, 9.17) is 0 Å². The molecule has 0 aromatic heterocycles. The lowest BCUT2D eigenvalue weighted by Crippen LogP contribution is -2.21. The van der Waals surface area contributed by atoms with Crippen molar-refractivity contribution in [1.29, 1.82) is 0 Å². The second-order valence-corrected chi connectivity index (χ2v) is 9.05. The number of amides is 1. The van der Waals surface area contributed by atoms with Crippen LogP contribution in [0.4, 0.5) is 10.1 Å².